The van der Waals surface area contributed by atoms with E-state index in [-0.39, 0.29) is 28.3 Å². The Labute approximate surface area is 231 Å². The number of nitrogens with one attached hydrogen (secondary N) is 2. The summed E-state index contributed by atoms with van der Waals surface area (Å²) in [4.78, 5) is 18.0. The standard InChI is InChI=1S/C28H37N3O6S2/c1-28(2,3)31-39(35,36)24-12-11-22(20-9-4-5-10-21(20)24)25-23(17-18-7-6-8-18)30-27(37-25)26(32)29-19-13-15-38(33,34)16-14-19/h4-5,9-12,18-19,31,33-34H,6-8,13-17H2,1-3H3,(H,29,32). The minimum Gasteiger partial charge on any atom is -0.432 e. The van der Waals surface area contributed by atoms with E-state index in [2.05, 4.69) is 15.0 Å². The van der Waals surface area contributed by atoms with Gasteiger partial charge in [-0.25, -0.2) is 18.1 Å². The maximum Gasteiger partial charge on any atom is 0.307 e. The van der Waals surface area contributed by atoms with Crippen molar-refractivity contribution in [3.05, 3.63) is 48.0 Å². The Morgan fingerprint density at radius 1 is 1.05 bits per heavy atom. The Morgan fingerprint density at radius 3 is 2.33 bits per heavy atom. The molecular weight excluding hydrogens is 538 g/mol. The molecule has 2 heterocycles. The average molecular weight is 576 g/mol. The number of rotatable bonds is 7. The molecule has 1 amide bonds. The highest BCUT2D eigenvalue weighted by atomic mass is 32.3. The Hall–Kier alpha value is -2.44. The highest BCUT2D eigenvalue weighted by Crippen LogP contribution is 2.44. The van der Waals surface area contributed by atoms with Crippen molar-refractivity contribution in [3.8, 4) is 11.3 Å². The summed E-state index contributed by atoms with van der Waals surface area (Å²) in [5.74, 6) is 1.02. The molecule has 11 heteroatoms. The van der Waals surface area contributed by atoms with E-state index in [0.29, 0.717) is 53.0 Å². The van der Waals surface area contributed by atoms with Gasteiger partial charge in [0.05, 0.1) is 10.6 Å². The van der Waals surface area contributed by atoms with Gasteiger partial charge in [0.1, 0.15) is 0 Å². The molecule has 1 saturated heterocycles. The van der Waals surface area contributed by atoms with Gasteiger partial charge in [0.15, 0.2) is 5.76 Å². The Balaban J connectivity index is 1.52. The highest BCUT2D eigenvalue weighted by Gasteiger charge is 2.30. The van der Waals surface area contributed by atoms with E-state index in [0.717, 1.165) is 12.8 Å². The van der Waals surface area contributed by atoms with Gasteiger partial charge in [0.2, 0.25) is 10.0 Å². The number of fused-ring (bicyclic) bond motifs is 1. The predicted octanol–water partition coefficient (Wildman–Crippen LogP) is 5.56. The fourth-order valence-electron chi connectivity index (χ4n) is 5.23. The molecule has 0 bridgehead atoms. The maximum atomic E-state index is 13.3. The van der Waals surface area contributed by atoms with Gasteiger partial charge in [-0.2, -0.15) is 10.6 Å². The van der Waals surface area contributed by atoms with Gasteiger partial charge in [-0.05, 0) is 63.5 Å². The van der Waals surface area contributed by atoms with Gasteiger partial charge < -0.3 is 9.73 Å². The van der Waals surface area contributed by atoms with E-state index in [1.807, 2.05) is 12.1 Å². The first-order chi connectivity index (χ1) is 18.3. The van der Waals surface area contributed by atoms with E-state index in [9.17, 15) is 22.3 Å². The third kappa shape index (κ3) is 6.33. The van der Waals surface area contributed by atoms with Crippen LogP contribution in [0.3, 0.4) is 0 Å². The number of carbonyl (C=O) groups is 1. The Morgan fingerprint density at radius 2 is 1.72 bits per heavy atom. The lowest BCUT2D eigenvalue weighted by Crippen LogP contribution is -2.40. The van der Waals surface area contributed by atoms with Gasteiger partial charge in [-0.3, -0.25) is 13.9 Å². The summed E-state index contributed by atoms with van der Waals surface area (Å²) in [6.07, 6.45) is 5.01. The lowest BCUT2D eigenvalue weighted by atomic mass is 9.81. The summed E-state index contributed by atoms with van der Waals surface area (Å²) in [5.41, 5.74) is 0.737. The van der Waals surface area contributed by atoms with E-state index >= 15 is 0 Å². The van der Waals surface area contributed by atoms with Crippen molar-refractivity contribution < 1.29 is 26.7 Å². The summed E-state index contributed by atoms with van der Waals surface area (Å²) in [7, 11) is -6.34. The van der Waals surface area contributed by atoms with Crippen LogP contribution in [0.25, 0.3) is 22.1 Å². The molecule has 9 nitrogen and oxygen atoms in total. The lowest BCUT2D eigenvalue weighted by molar-refractivity contribution is 0.0899. The Kier molecular flexibility index (Phi) is 7.58. The molecule has 4 N–H and O–H groups in total. The molecule has 1 aliphatic carbocycles. The molecule has 0 radical (unpaired) electrons. The first kappa shape index (κ1) is 28.1. The maximum absolute atomic E-state index is 13.3. The van der Waals surface area contributed by atoms with E-state index in [1.54, 1.807) is 45.0 Å². The molecule has 2 fully saturated rings. The molecule has 212 valence electrons. The van der Waals surface area contributed by atoms with Crippen LogP contribution in [0.1, 0.15) is 69.3 Å². The lowest BCUT2D eigenvalue weighted by Gasteiger charge is -2.39. The van der Waals surface area contributed by atoms with Gasteiger partial charge in [-0.15, -0.1) is 0 Å². The van der Waals surface area contributed by atoms with E-state index in [1.165, 1.54) is 6.42 Å². The zero-order valence-electron chi connectivity index (χ0n) is 22.6. The van der Waals surface area contributed by atoms with Gasteiger partial charge in [-0.1, -0.05) is 43.5 Å². The van der Waals surface area contributed by atoms with Crippen molar-refractivity contribution in [1.82, 2.24) is 15.0 Å². The van der Waals surface area contributed by atoms with Crippen LogP contribution in [-0.2, 0) is 16.4 Å². The summed E-state index contributed by atoms with van der Waals surface area (Å²) >= 11 is 0. The number of hydrogen-bond donors (Lipinski definition) is 4. The second kappa shape index (κ2) is 10.5. The van der Waals surface area contributed by atoms with Crippen LogP contribution in [0.5, 0.6) is 0 Å². The van der Waals surface area contributed by atoms with Gasteiger partial charge in [0.25, 0.3) is 5.89 Å². The number of sulfonamides is 1. The minimum atomic E-state index is -3.79. The summed E-state index contributed by atoms with van der Waals surface area (Å²) < 4.78 is 55.2. The first-order valence-corrected chi connectivity index (χ1v) is 16.8. The fraction of sp³-hybridized carbons (Fsp3) is 0.500. The minimum absolute atomic E-state index is 0.0355. The normalized spacial score (nSPS) is 19.5. The van der Waals surface area contributed by atoms with Crippen LogP contribution in [0, 0.1) is 5.92 Å². The number of hydrogen-bond acceptors (Lipinski definition) is 7. The largest absolute Gasteiger partial charge is 0.432 e. The number of benzene rings is 2. The summed E-state index contributed by atoms with van der Waals surface area (Å²) in [6, 6.07) is 10.4. The SMILES string of the molecule is CC(C)(C)NS(=O)(=O)c1ccc(-c2oc(C(=O)NC3CCS(O)(O)CC3)nc2CC2CCC2)c2ccccc12. The molecule has 39 heavy (non-hydrogen) atoms. The molecule has 1 saturated carbocycles. The van der Waals surface area contributed by atoms with Crippen molar-refractivity contribution in [2.24, 2.45) is 5.92 Å². The molecule has 5 rings (SSSR count). The fourth-order valence-corrected chi connectivity index (χ4v) is 8.39. The van der Waals surface area contributed by atoms with Gasteiger partial charge >= 0.3 is 5.91 Å². The van der Waals surface area contributed by atoms with Crippen molar-refractivity contribution in [2.45, 2.75) is 75.8 Å². The molecule has 0 unspecified atom stereocenters. The van der Waals surface area contributed by atoms with Crippen LogP contribution in [0.2, 0.25) is 0 Å². The van der Waals surface area contributed by atoms with Crippen LogP contribution in [-0.4, -0.2) is 51.5 Å². The summed E-state index contributed by atoms with van der Waals surface area (Å²) in [5, 5.41) is 4.20. The Bertz CT molecular complexity index is 1480. The average Bonchev–Trinajstić information content (AvgIpc) is 3.24. The summed E-state index contributed by atoms with van der Waals surface area (Å²) in [6.45, 7) is 5.40. The molecular formula is C28H37N3O6S2. The predicted molar refractivity (Wildman–Crippen MR) is 154 cm³/mol. The second-order valence-electron chi connectivity index (χ2n) is 11.8. The molecule has 1 aromatic heterocycles. The van der Waals surface area contributed by atoms with Crippen molar-refractivity contribution in [3.63, 3.8) is 0 Å². The van der Waals surface area contributed by atoms with Gasteiger partial charge in [0, 0.05) is 34.0 Å². The molecule has 1 aliphatic heterocycles. The molecule has 2 aliphatic rings. The van der Waals surface area contributed by atoms with Crippen LogP contribution in [0.15, 0.2) is 45.7 Å². The number of nitrogens with zero attached hydrogens (tertiary/aromatic N) is 1. The number of oxazole rings is 1. The molecule has 3 aromatic rings. The van der Waals surface area contributed by atoms with Crippen LogP contribution in [0.4, 0.5) is 0 Å². The molecule has 0 spiro atoms. The van der Waals surface area contributed by atoms with Crippen LogP contribution < -0.4 is 10.0 Å². The smallest absolute Gasteiger partial charge is 0.307 e. The van der Waals surface area contributed by atoms with Crippen molar-refractivity contribution >= 4 is 37.3 Å². The zero-order valence-corrected chi connectivity index (χ0v) is 24.2. The first-order valence-electron chi connectivity index (χ1n) is 13.4. The van der Waals surface area contributed by atoms with Crippen molar-refractivity contribution in [2.75, 3.05) is 11.5 Å². The number of aromatic nitrogens is 1. The third-order valence-electron chi connectivity index (χ3n) is 7.38. The van der Waals surface area contributed by atoms with E-state index in [4.69, 9.17) is 4.42 Å². The topological polar surface area (TPSA) is 142 Å². The second-order valence-corrected chi connectivity index (χ2v) is 15.8. The number of carbonyl (C=O) groups excluding carboxylic acids is 1. The number of amides is 1. The zero-order chi connectivity index (χ0) is 28.0. The van der Waals surface area contributed by atoms with E-state index < -0.39 is 32.1 Å². The molecule has 0 atom stereocenters. The monoisotopic (exact) mass is 575 g/mol. The van der Waals surface area contributed by atoms with Crippen molar-refractivity contribution in [1.29, 1.82) is 0 Å². The molecule has 2 aromatic carbocycles. The quantitative estimate of drug-likeness (QED) is 0.289. The van der Waals surface area contributed by atoms with Crippen LogP contribution >= 0.6 is 10.6 Å². The highest BCUT2D eigenvalue weighted by molar-refractivity contribution is 8.24. The third-order valence-corrected chi connectivity index (χ3v) is 11.0.